The number of hydrogen-bond donors (Lipinski definition) is 1. The van der Waals surface area contributed by atoms with E-state index in [1.807, 2.05) is 7.05 Å². The highest BCUT2D eigenvalue weighted by molar-refractivity contribution is 4.47. The van der Waals surface area contributed by atoms with Gasteiger partial charge in [-0.25, -0.2) is 0 Å². The fourth-order valence-corrected chi connectivity index (χ4v) is 0.711. The van der Waals surface area contributed by atoms with Gasteiger partial charge < -0.3 is 10.0 Å². The lowest BCUT2D eigenvalue weighted by Crippen LogP contribution is -2.22. The number of rotatable bonds is 5. The van der Waals surface area contributed by atoms with Crippen molar-refractivity contribution in [3.05, 3.63) is 0 Å². The van der Waals surface area contributed by atoms with E-state index in [9.17, 15) is 0 Å². The molecule has 0 aromatic heterocycles. The minimum atomic E-state index is 0.278. The number of unbranched alkanes of at least 4 members (excludes halogenated alkanes) is 1. The molecule has 0 spiro atoms. The van der Waals surface area contributed by atoms with Gasteiger partial charge in [0.25, 0.3) is 0 Å². The van der Waals surface area contributed by atoms with E-state index in [4.69, 9.17) is 5.11 Å². The summed E-state index contributed by atoms with van der Waals surface area (Å²) < 4.78 is 0. The van der Waals surface area contributed by atoms with E-state index in [2.05, 4.69) is 11.8 Å². The summed E-state index contributed by atoms with van der Waals surface area (Å²) >= 11 is 0. The average molecular weight is 131 g/mol. The van der Waals surface area contributed by atoms with Crippen LogP contribution in [0.3, 0.4) is 0 Å². The molecule has 0 aliphatic carbocycles. The van der Waals surface area contributed by atoms with Crippen molar-refractivity contribution in [1.29, 1.82) is 0 Å². The predicted molar refractivity (Wildman–Crippen MR) is 39.5 cm³/mol. The van der Waals surface area contributed by atoms with Crippen molar-refractivity contribution in [1.82, 2.24) is 4.90 Å². The van der Waals surface area contributed by atoms with Gasteiger partial charge in [0, 0.05) is 6.54 Å². The zero-order valence-corrected chi connectivity index (χ0v) is 6.43. The highest BCUT2D eigenvalue weighted by Crippen LogP contribution is 1.89. The first-order valence-corrected chi connectivity index (χ1v) is 3.60. The SMILES string of the molecule is CCCCN(C)CCO. The molecule has 0 rings (SSSR count). The summed E-state index contributed by atoms with van der Waals surface area (Å²) in [4.78, 5) is 2.14. The highest BCUT2D eigenvalue weighted by Gasteiger charge is 1.93. The third-order valence-corrected chi connectivity index (χ3v) is 1.38. The van der Waals surface area contributed by atoms with Crippen LogP contribution >= 0.6 is 0 Å². The van der Waals surface area contributed by atoms with Gasteiger partial charge in [-0.3, -0.25) is 0 Å². The van der Waals surface area contributed by atoms with E-state index in [0.717, 1.165) is 13.1 Å². The van der Waals surface area contributed by atoms with Crippen LogP contribution in [-0.4, -0.2) is 36.8 Å². The first-order valence-electron chi connectivity index (χ1n) is 3.60. The molecule has 0 unspecified atom stereocenters. The van der Waals surface area contributed by atoms with E-state index in [0.29, 0.717) is 0 Å². The lowest BCUT2D eigenvalue weighted by atomic mass is 10.3. The Kier molecular flexibility index (Phi) is 5.99. The summed E-state index contributed by atoms with van der Waals surface area (Å²) in [6.45, 7) is 4.37. The van der Waals surface area contributed by atoms with Crippen LogP contribution in [0.2, 0.25) is 0 Å². The van der Waals surface area contributed by atoms with Gasteiger partial charge in [0.2, 0.25) is 0 Å². The fraction of sp³-hybridized carbons (Fsp3) is 1.00. The van der Waals surface area contributed by atoms with Gasteiger partial charge in [-0.1, -0.05) is 13.3 Å². The number of nitrogens with zero attached hydrogens (tertiary/aromatic N) is 1. The third-order valence-electron chi connectivity index (χ3n) is 1.38. The molecule has 0 amide bonds. The van der Waals surface area contributed by atoms with E-state index in [-0.39, 0.29) is 6.61 Å². The second-order valence-electron chi connectivity index (χ2n) is 2.38. The van der Waals surface area contributed by atoms with Crippen LogP contribution < -0.4 is 0 Å². The average Bonchev–Trinajstić information content (AvgIpc) is 1.85. The molecule has 0 heterocycles. The molecule has 1 N–H and O–H groups in total. The molecule has 0 saturated heterocycles. The van der Waals surface area contributed by atoms with E-state index in [1.165, 1.54) is 12.8 Å². The third kappa shape index (κ3) is 5.80. The smallest absolute Gasteiger partial charge is 0.0558 e. The molecule has 9 heavy (non-hydrogen) atoms. The van der Waals surface area contributed by atoms with Crippen molar-refractivity contribution in [3.8, 4) is 0 Å². The summed E-state index contributed by atoms with van der Waals surface area (Å²) in [6.07, 6.45) is 2.46. The molecule has 0 atom stereocenters. The molecule has 0 aromatic rings. The van der Waals surface area contributed by atoms with Crippen molar-refractivity contribution in [3.63, 3.8) is 0 Å². The van der Waals surface area contributed by atoms with Crippen LogP contribution in [0.1, 0.15) is 19.8 Å². The summed E-state index contributed by atoms with van der Waals surface area (Å²) in [5.41, 5.74) is 0. The molecule has 0 aliphatic heterocycles. The summed E-state index contributed by atoms with van der Waals surface area (Å²) in [6, 6.07) is 0. The van der Waals surface area contributed by atoms with E-state index >= 15 is 0 Å². The van der Waals surface area contributed by atoms with Crippen molar-refractivity contribution in [2.45, 2.75) is 19.8 Å². The van der Waals surface area contributed by atoms with Crippen molar-refractivity contribution >= 4 is 0 Å². The standard InChI is InChI=1S/C7H17NO/c1-3-4-5-8(2)6-7-9/h9H,3-7H2,1-2H3. The molecule has 0 aliphatic rings. The van der Waals surface area contributed by atoms with Crippen LogP contribution in [0.25, 0.3) is 0 Å². The Labute approximate surface area is 57.5 Å². The van der Waals surface area contributed by atoms with Crippen molar-refractivity contribution in [2.75, 3.05) is 26.7 Å². The number of likely N-dealkylation sites (N-methyl/N-ethyl adjacent to an activating group) is 1. The van der Waals surface area contributed by atoms with Crippen LogP contribution in [0, 0.1) is 0 Å². The molecular weight excluding hydrogens is 114 g/mol. The molecule has 56 valence electrons. The quantitative estimate of drug-likeness (QED) is 0.594. The van der Waals surface area contributed by atoms with E-state index in [1.54, 1.807) is 0 Å². The van der Waals surface area contributed by atoms with Gasteiger partial charge in [0.05, 0.1) is 6.61 Å². The van der Waals surface area contributed by atoms with Gasteiger partial charge >= 0.3 is 0 Å². The Morgan fingerprint density at radius 1 is 1.33 bits per heavy atom. The largest absolute Gasteiger partial charge is 0.395 e. The molecule has 0 radical (unpaired) electrons. The molecule has 2 heteroatoms. The highest BCUT2D eigenvalue weighted by atomic mass is 16.3. The van der Waals surface area contributed by atoms with Crippen LogP contribution in [0.15, 0.2) is 0 Å². The fourth-order valence-electron chi connectivity index (χ4n) is 0.711. The van der Waals surface area contributed by atoms with Crippen LogP contribution in [-0.2, 0) is 0 Å². The summed E-state index contributed by atoms with van der Waals surface area (Å²) in [5, 5.41) is 8.49. The van der Waals surface area contributed by atoms with Gasteiger partial charge in [-0.15, -0.1) is 0 Å². The second kappa shape index (κ2) is 6.05. The molecule has 0 bridgehead atoms. The lowest BCUT2D eigenvalue weighted by Gasteiger charge is -2.13. The first-order chi connectivity index (χ1) is 4.31. The first kappa shape index (κ1) is 8.92. The number of aliphatic hydroxyl groups excluding tert-OH is 1. The normalized spacial score (nSPS) is 10.7. The van der Waals surface area contributed by atoms with Crippen molar-refractivity contribution < 1.29 is 5.11 Å². The lowest BCUT2D eigenvalue weighted by molar-refractivity contribution is 0.220. The van der Waals surface area contributed by atoms with Crippen molar-refractivity contribution in [2.24, 2.45) is 0 Å². The van der Waals surface area contributed by atoms with Crippen LogP contribution in [0.5, 0.6) is 0 Å². The maximum absolute atomic E-state index is 8.49. The van der Waals surface area contributed by atoms with Gasteiger partial charge in [0.1, 0.15) is 0 Å². The maximum Gasteiger partial charge on any atom is 0.0558 e. The minimum Gasteiger partial charge on any atom is -0.395 e. The second-order valence-corrected chi connectivity index (χ2v) is 2.38. The Bertz CT molecular complexity index is 56.9. The van der Waals surface area contributed by atoms with Gasteiger partial charge in [0.15, 0.2) is 0 Å². The Morgan fingerprint density at radius 2 is 2.00 bits per heavy atom. The van der Waals surface area contributed by atoms with Crippen LogP contribution in [0.4, 0.5) is 0 Å². The number of aliphatic hydroxyl groups is 1. The molecule has 0 aromatic carbocycles. The molecule has 2 nitrogen and oxygen atoms in total. The Balaban J connectivity index is 2.95. The topological polar surface area (TPSA) is 23.5 Å². The molecule has 0 fully saturated rings. The van der Waals surface area contributed by atoms with E-state index < -0.39 is 0 Å². The molecule has 0 saturated carbocycles. The minimum absolute atomic E-state index is 0.278. The maximum atomic E-state index is 8.49. The summed E-state index contributed by atoms with van der Waals surface area (Å²) in [5.74, 6) is 0. The Morgan fingerprint density at radius 3 is 2.44 bits per heavy atom. The Hall–Kier alpha value is -0.0800. The number of hydrogen-bond acceptors (Lipinski definition) is 2. The molecular formula is C7H17NO. The zero-order valence-electron chi connectivity index (χ0n) is 6.43. The van der Waals surface area contributed by atoms with Gasteiger partial charge in [-0.2, -0.15) is 0 Å². The van der Waals surface area contributed by atoms with Gasteiger partial charge in [-0.05, 0) is 20.0 Å². The predicted octanol–water partition coefficient (Wildman–Crippen LogP) is 0.711. The zero-order chi connectivity index (χ0) is 7.11. The summed E-state index contributed by atoms with van der Waals surface area (Å²) in [7, 11) is 2.03. The monoisotopic (exact) mass is 131 g/mol.